The first kappa shape index (κ1) is 27.3. The minimum atomic E-state index is -0.340. The summed E-state index contributed by atoms with van der Waals surface area (Å²) in [6.07, 6.45) is 0. The first-order valence-electron chi connectivity index (χ1n) is 12.4. The van der Waals surface area contributed by atoms with Gasteiger partial charge in [-0.15, -0.1) is 0 Å². The summed E-state index contributed by atoms with van der Waals surface area (Å²) in [6, 6.07) is 16.4. The van der Waals surface area contributed by atoms with E-state index < -0.39 is 0 Å². The molecule has 8 heteroatoms. The first-order valence-corrected chi connectivity index (χ1v) is 13.4. The van der Waals surface area contributed by atoms with Gasteiger partial charge < -0.3 is 5.32 Å². The summed E-state index contributed by atoms with van der Waals surface area (Å²) in [5.41, 5.74) is 3.97. The maximum atomic E-state index is 13.4. The quantitative estimate of drug-likeness (QED) is 0.170. The molecule has 196 valence electrons. The molecule has 0 spiro atoms. The predicted molar refractivity (Wildman–Crippen MR) is 149 cm³/mol. The van der Waals surface area contributed by atoms with Crippen molar-refractivity contribution < 1.29 is 14.0 Å². The van der Waals surface area contributed by atoms with Gasteiger partial charge in [-0.25, -0.2) is 9.37 Å². The molecular weight excluding hydrogens is 501 g/mol. The zero-order chi connectivity index (χ0) is 27.4. The molecular formula is C30H30FN3O3S. The van der Waals surface area contributed by atoms with Gasteiger partial charge in [0, 0.05) is 24.2 Å². The third-order valence-corrected chi connectivity index (χ3v) is 7.09. The summed E-state index contributed by atoms with van der Waals surface area (Å²) in [5.74, 6) is -0.376. The number of nitrogens with one attached hydrogen (secondary N) is 1. The van der Waals surface area contributed by atoms with Crippen molar-refractivity contribution >= 4 is 34.4 Å². The van der Waals surface area contributed by atoms with Crippen molar-refractivity contribution in [1.29, 1.82) is 0 Å². The number of benzene rings is 3. The summed E-state index contributed by atoms with van der Waals surface area (Å²) in [4.78, 5) is 43.9. The van der Waals surface area contributed by atoms with E-state index in [2.05, 4.69) is 5.32 Å². The van der Waals surface area contributed by atoms with Gasteiger partial charge in [0.1, 0.15) is 5.82 Å². The van der Waals surface area contributed by atoms with Gasteiger partial charge in [-0.05, 0) is 61.2 Å². The summed E-state index contributed by atoms with van der Waals surface area (Å²) < 4.78 is 14.8. The molecule has 0 saturated heterocycles. The van der Waals surface area contributed by atoms with Crippen LogP contribution < -0.4 is 10.9 Å². The van der Waals surface area contributed by atoms with Gasteiger partial charge in [-0.3, -0.25) is 19.0 Å². The molecule has 0 bridgehead atoms. The van der Waals surface area contributed by atoms with E-state index in [4.69, 9.17) is 4.98 Å². The van der Waals surface area contributed by atoms with Gasteiger partial charge in [0.25, 0.3) is 11.5 Å². The molecule has 3 aromatic carbocycles. The van der Waals surface area contributed by atoms with E-state index in [-0.39, 0.29) is 41.3 Å². The number of nitrogens with zero attached hydrogens (tertiary/aromatic N) is 2. The topological polar surface area (TPSA) is 81.1 Å². The first-order chi connectivity index (χ1) is 18.1. The second-order valence-corrected chi connectivity index (χ2v) is 10.7. The normalized spacial score (nSPS) is 11.2. The summed E-state index contributed by atoms with van der Waals surface area (Å²) in [6.45, 7) is 8.62. The number of hydrogen-bond acceptors (Lipinski definition) is 5. The van der Waals surface area contributed by atoms with E-state index in [1.165, 1.54) is 23.9 Å². The lowest BCUT2D eigenvalue weighted by atomic mass is 10.0. The fourth-order valence-electron chi connectivity index (χ4n) is 4.20. The molecule has 1 N–H and O–H groups in total. The SMILES string of the molecule is Cc1ccc(C(=O)CSc2nc3cc(C(=O)NCc4ccc(F)cc4)ccc3c(=O)n2CC(C)C)c(C)c1. The molecule has 0 aliphatic carbocycles. The molecule has 38 heavy (non-hydrogen) atoms. The maximum Gasteiger partial charge on any atom is 0.262 e. The molecule has 0 aliphatic rings. The van der Waals surface area contributed by atoms with Crippen LogP contribution in [-0.2, 0) is 13.1 Å². The average molecular weight is 532 g/mol. The molecule has 4 rings (SSSR count). The largest absolute Gasteiger partial charge is 0.348 e. The molecule has 6 nitrogen and oxygen atoms in total. The third-order valence-electron chi connectivity index (χ3n) is 6.11. The van der Waals surface area contributed by atoms with Crippen LogP contribution in [0, 0.1) is 25.6 Å². The van der Waals surface area contributed by atoms with Crippen LogP contribution in [0.25, 0.3) is 10.9 Å². The molecule has 1 aromatic heterocycles. The zero-order valence-corrected chi connectivity index (χ0v) is 22.7. The lowest BCUT2D eigenvalue weighted by molar-refractivity contribution is 0.0950. The van der Waals surface area contributed by atoms with E-state index in [0.717, 1.165) is 16.7 Å². The highest BCUT2D eigenvalue weighted by Crippen LogP contribution is 2.22. The van der Waals surface area contributed by atoms with E-state index in [1.807, 2.05) is 45.9 Å². The van der Waals surface area contributed by atoms with E-state index in [1.54, 1.807) is 34.9 Å². The van der Waals surface area contributed by atoms with Crippen LogP contribution in [0.1, 0.15) is 51.3 Å². The molecule has 4 aromatic rings. The Balaban J connectivity index is 1.61. The van der Waals surface area contributed by atoms with E-state index in [9.17, 15) is 18.8 Å². The Kier molecular flexibility index (Phi) is 8.42. The average Bonchev–Trinajstić information content (AvgIpc) is 2.88. The number of fused-ring (bicyclic) bond motifs is 1. The molecule has 0 unspecified atom stereocenters. The highest BCUT2D eigenvalue weighted by Gasteiger charge is 2.17. The molecule has 0 radical (unpaired) electrons. The number of aryl methyl sites for hydroxylation is 2. The molecule has 0 saturated carbocycles. The Labute approximate surface area is 225 Å². The predicted octanol–water partition coefficient (Wildman–Crippen LogP) is 5.71. The lowest BCUT2D eigenvalue weighted by Crippen LogP contribution is -2.26. The number of halogens is 1. The molecule has 1 heterocycles. The Morgan fingerprint density at radius 3 is 2.45 bits per heavy atom. The Morgan fingerprint density at radius 2 is 1.76 bits per heavy atom. The number of amides is 1. The maximum absolute atomic E-state index is 13.4. The van der Waals surface area contributed by atoms with Crippen molar-refractivity contribution in [1.82, 2.24) is 14.9 Å². The molecule has 1 amide bonds. The van der Waals surface area contributed by atoms with Crippen LogP contribution in [0.2, 0.25) is 0 Å². The number of rotatable bonds is 9. The highest BCUT2D eigenvalue weighted by molar-refractivity contribution is 7.99. The van der Waals surface area contributed by atoms with Crippen molar-refractivity contribution in [2.45, 2.75) is 45.9 Å². The fourth-order valence-corrected chi connectivity index (χ4v) is 5.09. The number of ketones is 1. The van der Waals surface area contributed by atoms with Gasteiger partial charge >= 0.3 is 0 Å². The van der Waals surface area contributed by atoms with E-state index >= 15 is 0 Å². The minimum absolute atomic E-state index is 0.0353. The number of aromatic nitrogens is 2. The number of carbonyl (C=O) groups is 2. The molecule has 0 aliphatic heterocycles. The van der Waals surface area contributed by atoms with Gasteiger partial charge in [0.05, 0.1) is 16.7 Å². The summed E-state index contributed by atoms with van der Waals surface area (Å²) in [7, 11) is 0. The van der Waals surface area contributed by atoms with Gasteiger partial charge in [-0.1, -0.05) is 61.5 Å². The Hall–Kier alpha value is -3.78. The van der Waals surface area contributed by atoms with Crippen LogP contribution in [0.4, 0.5) is 4.39 Å². The van der Waals surface area contributed by atoms with Crippen LogP contribution in [0.15, 0.2) is 70.6 Å². The molecule has 0 atom stereocenters. The van der Waals surface area contributed by atoms with E-state index in [0.29, 0.717) is 33.7 Å². The van der Waals surface area contributed by atoms with Gasteiger partial charge in [0.15, 0.2) is 10.9 Å². The number of carbonyl (C=O) groups excluding carboxylic acids is 2. The minimum Gasteiger partial charge on any atom is -0.348 e. The standard InChI is InChI=1S/C30H30FN3O3S/c1-18(2)16-34-29(37)25-12-8-22(28(36)32-15-21-6-9-23(31)10-7-21)14-26(25)33-30(34)38-17-27(35)24-11-5-19(3)13-20(24)4/h5-14,18H,15-17H2,1-4H3,(H,32,36). The van der Waals surface area contributed by atoms with Crippen LogP contribution in [0.5, 0.6) is 0 Å². The third kappa shape index (κ3) is 6.37. The Morgan fingerprint density at radius 1 is 1.03 bits per heavy atom. The summed E-state index contributed by atoms with van der Waals surface area (Å²) in [5, 5.41) is 3.66. The van der Waals surface area contributed by atoms with Crippen molar-refractivity contribution in [3.63, 3.8) is 0 Å². The number of thioether (sulfide) groups is 1. The monoisotopic (exact) mass is 531 g/mol. The highest BCUT2D eigenvalue weighted by atomic mass is 32.2. The number of hydrogen-bond donors (Lipinski definition) is 1. The van der Waals surface area contributed by atoms with Crippen molar-refractivity contribution in [3.05, 3.63) is 105 Å². The Bertz CT molecular complexity index is 1560. The number of Topliss-reactive ketones (excluding diaryl/α,β-unsaturated/α-hetero) is 1. The van der Waals surface area contributed by atoms with Gasteiger partial charge in [0.2, 0.25) is 0 Å². The fraction of sp³-hybridized carbons (Fsp3) is 0.267. The second-order valence-electron chi connectivity index (χ2n) is 9.78. The van der Waals surface area contributed by atoms with Gasteiger partial charge in [-0.2, -0.15) is 0 Å². The second kappa shape index (κ2) is 11.7. The molecule has 0 fully saturated rings. The van der Waals surface area contributed by atoms with Crippen molar-refractivity contribution in [2.24, 2.45) is 5.92 Å². The zero-order valence-electron chi connectivity index (χ0n) is 21.9. The van der Waals surface area contributed by atoms with Crippen LogP contribution >= 0.6 is 11.8 Å². The lowest BCUT2D eigenvalue weighted by Gasteiger charge is -2.15. The summed E-state index contributed by atoms with van der Waals surface area (Å²) >= 11 is 1.23. The van der Waals surface area contributed by atoms with Crippen LogP contribution in [0.3, 0.4) is 0 Å². The van der Waals surface area contributed by atoms with Crippen molar-refractivity contribution in [2.75, 3.05) is 5.75 Å². The smallest absolute Gasteiger partial charge is 0.262 e. The van der Waals surface area contributed by atoms with Crippen LogP contribution in [-0.4, -0.2) is 27.0 Å². The van der Waals surface area contributed by atoms with Crippen molar-refractivity contribution in [3.8, 4) is 0 Å².